The Balaban J connectivity index is 1.70. The van der Waals surface area contributed by atoms with Gasteiger partial charge in [0.15, 0.2) is 0 Å². The highest BCUT2D eigenvalue weighted by atomic mass is 32.1. The van der Waals surface area contributed by atoms with E-state index in [4.69, 9.17) is 10.5 Å². The summed E-state index contributed by atoms with van der Waals surface area (Å²) in [4.78, 5) is 21.7. The summed E-state index contributed by atoms with van der Waals surface area (Å²) >= 11 is 1.27. The number of carbonyl (C=O) groups is 1. The number of nitrogens with two attached hydrogens (primary N) is 1. The topological polar surface area (TPSA) is 90.1 Å². The molecule has 0 aliphatic carbocycles. The van der Waals surface area contributed by atoms with Crippen molar-refractivity contribution in [3.05, 3.63) is 17.3 Å². The Labute approximate surface area is 120 Å². The van der Waals surface area contributed by atoms with Crippen LogP contribution in [0.3, 0.4) is 0 Å². The number of rotatable bonds is 3. The van der Waals surface area contributed by atoms with Crippen LogP contribution in [-0.2, 0) is 4.74 Å². The number of ether oxygens (including phenoxy) is 1. The van der Waals surface area contributed by atoms with Crippen LogP contribution in [0.4, 0.5) is 5.69 Å². The third-order valence-electron chi connectivity index (χ3n) is 3.33. The van der Waals surface area contributed by atoms with Crippen molar-refractivity contribution >= 4 is 33.3 Å². The lowest BCUT2D eigenvalue weighted by atomic mass is 10.1. The van der Waals surface area contributed by atoms with Gasteiger partial charge < -0.3 is 15.8 Å². The van der Waals surface area contributed by atoms with Gasteiger partial charge in [0.05, 0.1) is 11.8 Å². The van der Waals surface area contributed by atoms with E-state index in [0.29, 0.717) is 27.5 Å². The second-order valence-electron chi connectivity index (χ2n) is 4.75. The number of thiophene rings is 1. The Hall–Kier alpha value is -1.73. The molecule has 1 aliphatic heterocycles. The lowest BCUT2D eigenvalue weighted by Gasteiger charge is -2.22. The molecule has 1 amide bonds. The van der Waals surface area contributed by atoms with Crippen molar-refractivity contribution in [3.63, 3.8) is 0 Å². The average Bonchev–Trinajstić information content (AvgIpc) is 2.84. The number of nitrogens with one attached hydrogen (secondary N) is 1. The maximum atomic E-state index is 12.2. The fourth-order valence-corrected chi connectivity index (χ4v) is 3.21. The summed E-state index contributed by atoms with van der Waals surface area (Å²) in [5.41, 5.74) is 6.96. The van der Waals surface area contributed by atoms with Crippen LogP contribution in [0.2, 0.25) is 0 Å². The predicted octanol–water partition coefficient (Wildman–Crippen LogP) is 1.57. The minimum Gasteiger partial charge on any atom is -0.396 e. The quantitative estimate of drug-likeness (QED) is 0.896. The SMILES string of the molecule is Nc1c(C(=O)NCC2CCCCO2)sc2nccnc12. The maximum absolute atomic E-state index is 12.2. The molecule has 0 bridgehead atoms. The van der Waals surface area contributed by atoms with Crippen molar-refractivity contribution in [1.29, 1.82) is 0 Å². The third kappa shape index (κ3) is 2.59. The number of amides is 1. The number of fused-ring (bicyclic) bond motifs is 1. The second-order valence-corrected chi connectivity index (χ2v) is 5.75. The zero-order chi connectivity index (χ0) is 13.9. The van der Waals surface area contributed by atoms with Crippen molar-refractivity contribution < 1.29 is 9.53 Å². The molecule has 3 rings (SSSR count). The highest BCUT2D eigenvalue weighted by molar-refractivity contribution is 7.21. The molecular formula is C13H16N4O2S. The zero-order valence-electron chi connectivity index (χ0n) is 11.0. The molecule has 2 aromatic rings. The van der Waals surface area contributed by atoms with E-state index in [0.717, 1.165) is 25.9 Å². The van der Waals surface area contributed by atoms with Gasteiger partial charge in [-0.1, -0.05) is 0 Å². The summed E-state index contributed by atoms with van der Waals surface area (Å²) in [5.74, 6) is -0.179. The summed E-state index contributed by atoms with van der Waals surface area (Å²) in [5, 5.41) is 2.88. The smallest absolute Gasteiger partial charge is 0.263 e. The molecule has 3 N–H and O–H groups in total. The van der Waals surface area contributed by atoms with Crippen LogP contribution in [0.15, 0.2) is 12.4 Å². The van der Waals surface area contributed by atoms with Crippen molar-refractivity contribution in [1.82, 2.24) is 15.3 Å². The van der Waals surface area contributed by atoms with Crippen molar-refractivity contribution in [2.45, 2.75) is 25.4 Å². The van der Waals surface area contributed by atoms with Gasteiger partial charge in [0.1, 0.15) is 15.2 Å². The minimum absolute atomic E-state index is 0.111. The highest BCUT2D eigenvalue weighted by Gasteiger charge is 2.20. The van der Waals surface area contributed by atoms with Gasteiger partial charge in [-0.2, -0.15) is 0 Å². The van der Waals surface area contributed by atoms with E-state index < -0.39 is 0 Å². The van der Waals surface area contributed by atoms with Crippen LogP contribution in [-0.4, -0.2) is 35.1 Å². The molecule has 3 heterocycles. The van der Waals surface area contributed by atoms with Crippen LogP contribution in [0.1, 0.15) is 28.9 Å². The van der Waals surface area contributed by atoms with Gasteiger partial charge >= 0.3 is 0 Å². The first-order chi connectivity index (χ1) is 9.75. The molecule has 0 saturated carbocycles. The number of anilines is 1. The van der Waals surface area contributed by atoms with Crippen LogP contribution in [0, 0.1) is 0 Å². The number of nitrogens with zero attached hydrogens (tertiary/aromatic N) is 2. The van der Waals surface area contributed by atoms with E-state index in [1.807, 2.05) is 0 Å². The van der Waals surface area contributed by atoms with E-state index in [9.17, 15) is 4.79 Å². The fourth-order valence-electron chi connectivity index (χ4n) is 2.27. The molecule has 7 heteroatoms. The summed E-state index contributed by atoms with van der Waals surface area (Å²) in [6, 6.07) is 0. The minimum atomic E-state index is -0.179. The molecule has 0 radical (unpaired) electrons. The number of carbonyl (C=O) groups excluding carboxylic acids is 1. The summed E-state index contributed by atoms with van der Waals surface area (Å²) in [6.07, 6.45) is 6.52. The number of aromatic nitrogens is 2. The molecule has 0 spiro atoms. The number of nitrogen functional groups attached to an aromatic ring is 1. The molecule has 0 aromatic carbocycles. The Morgan fingerprint density at radius 1 is 1.45 bits per heavy atom. The summed E-state index contributed by atoms with van der Waals surface area (Å²) in [7, 11) is 0. The largest absolute Gasteiger partial charge is 0.396 e. The van der Waals surface area contributed by atoms with E-state index in [2.05, 4.69) is 15.3 Å². The summed E-state index contributed by atoms with van der Waals surface area (Å²) < 4.78 is 5.59. The van der Waals surface area contributed by atoms with Gasteiger partial charge in [0, 0.05) is 25.5 Å². The van der Waals surface area contributed by atoms with Crippen LogP contribution in [0.25, 0.3) is 10.3 Å². The highest BCUT2D eigenvalue weighted by Crippen LogP contribution is 2.30. The van der Waals surface area contributed by atoms with Crippen LogP contribution in [0.5, 0.6) is 0 Å². The Morgan fingerprint density at radius 3 is 3.05 bits per heavy atom. The van der Waals surface area contributed by atoms with Gasteiger partial charge in [0.25, 0.3) is 5.91 Å². The monoisotopic (exact) mass is 292 g/mol. The standard InChI is InChI=1S/C13H16N4O2S/c14-9-10-13(16-5-4-15-10)20-11(9)12(18)17-7-8-3-1-2-6-19-8/h4-5,8H,1-3,6-7,14H2,(H,17,18). The Kier molecular flexibility index (Phi) is 3.79. The zero-order valence-corrected chi connectivity index (χ0v) is 11.8. The third-order valence-corrected chi connectivity index (χ3v) is 4.44. The number of hydrogen-bond donors (Lipinski definition) is 2. The number of hydrogen-bond acceptors (Lipinski definition) is 6. The van der Waals surface area contributed by atoms with Gasteiger partial charge in [-0.15, -0.1) is 11.3 Å². The van der Waals surface area contributed by atoms with Gasteiger partial charge in [-0.3, -0.25) is 4.79 Å². The maximum Gasteiger partial charge on any atom is 0.263 e. The molecule has 6 nitrogen and oxygen atoms in total. The predicted molar refractivity (Wildman–Crippen MR) is 77.8 cm³/mol. The van der Waals surface area contributed by atoms with E-state index in [1.54, 1.807) is 12.4 Å². The van der Waals surface area contributed by atoms with E-state index >= 15 is 0 Å². The molecule has 1 aliphatic rings. The second kappa shape index (κ2) is 5.72. The van der Waals surface area contributed by atoms with Gasteiger partial charge in [-0.25, -0.2) is 9.97 Å². The fraction of sp³-hybridized carbons (Fsp3) is 0.462. The first-order valence-corrected chi connectivity index (χ1v) is 7.46. The Morgan fingerprint density at radius 2 is 2.30 bits per heavy atom. The molecule has 20 heavy (non-hydrogen) atoms. The van der Waals surface area contributed by atoms with Gasteiger partial charge in [-0.05, 0) is 19.3 Å². The molecule has 106 valence electrons. The van der Waals surface area contributed by atoms with Crippen molar-refractivity contribution in [2.24, 2.45) is 0 Å². The van der Waals surface area contributed by atoms with Crippen molar-refractivity contribution in [2.75, 3.05) is 18.9 Å². The first kappa shape index (κ1) is 13.3. The lowest BCUT2D eigenvalue weighted by molar-refractivity contribution is 0.0169. The summed E-state index contributed by atoms with van der Waals surface area (Å²) in [6.45, 7) is 1.30. The van der Waals surface area contributed by atoms with Crippen molar-refractivity contribution in [3.8, 4) is 0 Å². The molecular weight excluding hydrogens is 276 g/mol. The van der Waals surface area contributed by atoms with Gasteiger partial charge in [0.2, 0.25) is 0 Å². The van der Waals surface area contributed by atoms with E-state index in [1.165, 1.54) is 11.3 Å². The average molecular weight is 292 g/mol. The van der Waals surface area contributed by atoms with E-state index in [-0.39, 0.29) is 12.0 Å². The molecule has 2 aromatic heterocycles. The molecule has 1 atom stereocenters. The lowest BCUT2D eigenvalue weighted by Crippen LogP contribution is -2.35. The molecule has 1 unspecified atom stereocenters. The molecule has 1 fully saturated rings. The molecule has 1 saturated heterocycles. The Bertz CT molecular complexity index is 622. The normalized spacial score (nSPS) is 19.1. The van der Waals surface area contributed by atoms with Crippen LogP contribution >= 0.6 is 11.3 Å². The van der Waals surface area contributed by atoms with Crippen LogP contribution < -0.4 is 11.1 Å². The first-order valence-electron chi connectivity index (χ1n) is 6.64.